The fourth-order valence-electron chi connectivity index (χ4n) is 2.16. The molecule has 5 heteroatoms. The van der Waals surface area contributed by atoms with Crippen molar-refractivity contribution in [2.75, 3.05) is 11.1 Å². The molecule has 0 spiro atoms. The predicted octanol–water partition coefficient (Wildman–Crippen LogP) is 4.66. The summed E-state index contributed by atoms with van der Waals surface area (Å²) >= 11 is 5.71. The van der Waals surface area contributed by atoms with Gasteiger partial charge in [-0.05, 0) is 25.1 Å². The maximum absolute atomic E-state index is 13.6. The topological polar surface area (TPSA) is 50.9 Å². The van der Waals surface area contributed by atoms with Crippen molar-refractivity contribution in [2.45, 2.75) is 6.92 Å². The molecule has 0 radical (unpaired) electrons. The van der Waals surface area contributed by atoms with Gasteiger partial charge < -0.3 is 11.1 Å². The van der Waals surface area contributed by atoms with Crippen LogP contribution in [-0.2, 0) is 0 Å². The average Bonchev–Trinajstić information content (AvgIpc) is 2.45. The molecule has 3 aromatic rings. The van der Waals surface area contributed by atoms with Crippen LogP contribution in [0, 0.1) is 12.7 Å². The van der Waals surface area contributed by atoms with E-state index in [1.54, 1.807) is 0 Å². The van der Waals surface area contributed by atoms with Gasteiger partial charge in [-0.2, -0.15) is 0 Å². The Kier molecular flexibility index (Phi) is 3.39. The van der Waals surface area contributed by atoms with Crippen LogP contribution in [0.5, 0.6) is 0 Å². The molecule has 0 aliphatic rings. The molecule has 1 heterocycles. The molecule has 0 aliphatic heterocycles. The fraction of sp³-hybridized carbons (Fsp3) is 0.0625. The molecule has 106 valence electrons. The first kappa shape index (κ1) is 13.6. The summed E-state index contributed by atoms with van der Waals surface area (Å²) in [7, 11) is 0. The van der Waals surface area contributed by atoms with Crippen LogP contribution in [0.3, 0.4) is 0 Å². The number of nitrogens with one attached hydrogen (secondary N) is 1. The van der Waals surface area contributed by atoms with Gasteiger partial charge in [-0.1, -0.05) is 29.8 Å². The minimum absolute atomic E-state index is 0.00457. The molecule has 3 rings (SSSR count). The molecule has 0 saturated carbocycles. The molecule has 21 heavy (non-hydrogen) atoms. The Balaban J connectivity index is 2.10. The van der Waals surface area contributed by atoms with Gasteiger partial charge in [0.05, 0.1) is 27.6 Å². The number of benzene rings is 2. The first-order chi connectivity index (χ1) is 10.0. The Bertz CT molecular complexity index is 833. The molecule has 0 aliphatic carbocycles. The van der Waals surface area contributed by atoms with Gasteiger partial charge in [-0.3, -0.25) is 4.98 Å². The van der Waals surface area contributed by atoms with Crippen molar-refractivity contribution in [3.8, 4) is 0 Å². The summed E-state index contributed by atoms with van der Waals surface area (Å²) in [6.45, 7) is 1.92. The second kappa shape index (κ2) is 5.22. The standard InChI is InChI=1S/C16H13ClFN3/c1-9-5-6-10-3-2-4-14(16(10)20-9)21-15-8-12(18)11(17)7-13(15)19/h2-8,21H,19H2,1H3. The highest BCUT2D eigenvalue weighted by Crippen LogP contribution is 2.31. The third kappa shape index (κ3) is 2.62. The normalized spacial score (nSPS) is 10.8. The number of halogens is 2. The van der Waals surface area contributed by atoms with Gasteiger partial charge in [0.25, 0.3) is 0 Å². The lowest BCUT2D eigenvalue weighted by atomic mass is 10.1. The lowest BCUT2D eigenvalue weighted by Gasteiger charge is -2.12. The Labute approximate surface area is 126 Å². The van der Waals surface area contributed by atoms with E-state index in [9.17, 15) is 4.39 Å². The number of aryl methyl sites for hydroxylation is 1. The van der Waals surface area contributed by atoms with E-state index in [2.05, 4.69) is 10.3 Å². The smallest absolute Gasteiger partial charge is 0.144 e. The van der Waals surface area contributed by atoms with Crippen LogP contribution in [0.4, 0.5) is 21.5 Å². The molecule has 3 nitrogen and oxygen atoms in total. The van der Waals surface area contributed by atoms with Crippen molar-refractivity contribution < 1.29 is 4.39 Å². The largest absolute Gasteiger partial charge is 0.397 e. The maximum Gasteiger partial charge on any atom is 0.144 e. The van der Waals surface area contributed by atoms with Crippen LogP contribution < -0.4 is 11.1 Å². The minimum Gasteiger partial charge on any atom is -0.397 e. The van der Waals surface area contributed by atoms with Gasteiger partial charge >= 0.3 is 0 Å². The van der Waals surface area contributed by atoms with Gasteiger partial charge in [0, 0.05) is 17.1 Å². The van der Waals surface area contributed by atoms with Gasteiger partial charge in [0.1, 0.15) is 5.82 Å². The molecule has 0 amide bonds. The van der Waals surface area contributed by atoms with Crippen molar-refractivity contribution in [3.05, 3.63) is 59.0 Å². The number of anilines is 3. The van der Waals surface area contributed by atoms with Gasteiger partial charge in [-0.25, -0.2) is 4.39 Å². The summed E-state index contributed by atoms with van der Waals surface area (Å²) in [6.07, 6.45) is 0. The number of fused-ring (bicyclic) bond motifs is 1. The summed E-state index contributed by atoms with van der Waals surface area (Å²) in [6, 6.07) is 12.4. The highest BCUT2D eigenvalue weighted by Gasteiger charge is 2.09. The zero-order valence-electron chi connectivity index (χ0n) is 11.3. The van der Waals surface area contributed by atoms with Crippen molar-refractivity contribution in [1.82, 2.24) is 4.98 Å². The molecule has 0 fully saturated rings. The number of nitrogens with two attached hydrogens (primary N) is 1. The molecule has 0 saturated heterocycles. The van der Waals surface area contributed by atoms with E-state index < -0.39 is 5.82 Å². The highest BCUT2D eigenvalue weighted by atomic mass is 35.5. The molecule has 0 atom stereocenters. The lowest BCUT2D eigenvalue weighted by molar-refractivity contribution is 0.629. The summed E-state index contributed by atoms with van der Waals surface area (Å²) < 4.78 is 13.6. The number of rotatable bonds is 2. The number of hydrogen-bond acceptors (Lipinski definition) is 3. The lowest BCUT2D eigenvalue weighted by Crippen LogP contribution is -1.99. The van der Waals surface area contributed by atoms with Crippen LogP contribution in [0.1, 0.15) is 5.69 Å². The Morgan fingerprint density at radius 3 is 2.76 bits per heavy atom. The first-order valence-electron chi connectivity index (χ1n) is 6.42. The molecular weight excluding hydrogens is 289 g/mol. The number of para-hydroxylation sites is 1. The second-order valence-corrected chi connectivity index (χ2v) is 5.22. The zero-order chi connectivity index (χ0) is 15.0. The van der Waals surface area contributed by atoms with Crippen molar-refractivity contribution >= 4 is 39.6 Å². The van der Waals surface area contributed by atoms with Crippen molar-refractivity contribution in [2.24, 2.45) is 0 Å². The highest BCUT2D eigenvalue weighted by molar-refractivity contribution is 6.31. The summed E-state index contributed by atoms with van der Waals surface area (Å²) in [5.41, 5.74) is 9.21. The minimum atomic E-state index is -0.516. The molecule has 0 bridgehead atoms. The van der Waals surface area contributed by atoms with E-state index in [1.165, 1.54) is 12.1 Å². The van der Waals surface area contributed by atoms with Gasteiger partial charge in [0.15, 0.2) is 0 Å². The van der Waals surface area contributed by atoms with E-state index in [1.807, 2.05) is 37.3 Å². The monoisotopic (exact) mass is 301 g/mol. The Morgan fingerprint density at radius 2 is 1.95 bits per heavy atom. The van der Waals surface area contributed by atoms with Gasteiger partial charge in [0.2, 0.25) is 0 Å². The number of nitrogens with zero attached hydrogens (tertiary/aromatic N) is 1. The SMILES string of the molecule is Cc1ccc2cccc(Nc3cc(F)c(Cl)cc3N)c2n1. The first-order valence-corrected chi connectivity index (χ1v) is 6.80. The summed E-state index contributed by atoms with van der Waals surface area (Å²) in [4.78, 5) is 4.52. The number of pyridine rings is 1. The maximum atomic E-state index is 13.6. The summed E-state index contributed by atoms with van der Waals surface area (Å²) in [5.74, 6) is -0.516. The van der Waals surface area contributed by atoms with Crippen LogP contribution in [0.15, 0.2) is 42.5 Å². The molecular formula is C16H13ClFN3. The number of aromatic nitrogens is 1. The van der Waals surface area contributed by atoms with Crippen LogP contribution in [0.2, 0.25) is 5.02 Å². The van der Waals surface area contributed by atoms with Crippen LogP contribution in [-0.4, -0.2) is 4.98 Å². The Hall–Kier alpha value is -2.33. The molecule has 2 aromatic carbocycles. The predicted molar refractivity (Wildman–Crippen MR) is 85.6 cm³/mol. The second-order valence-electron chi connectivity index (χ2n) is 4.81. The van der Waals surface area contributed by atoms with Crippen molar-refractivity contribution in [3.63, 3.8) is 0 Å². The molecule has 1 aromatic heterocycles. The quantitative estimate of drug-likeness (QED) is 0.677. The molecule has 0 unspecified atom stereocenters. The number of nitrogen functional groups attached to an aromatic ring is 1. The van der Waals surface area contributed by atoms with E-state index >= 15 is 0 Å². The van der Waals surface area contributed by atoms with Crippen LogP contribution in [0.25, 0.3) is 10.9 Å². The summed E-state index contributed by atoms with van der Waals surface area (Å²) in [5, 5.41) is 4.13. The fourth-order valence-corrected chi connectivity index (χ4v) is 2.33. The third-order valence-electron chi connectivity index (χ3n) is 3.22. The third-order valence-corrected chi connectivity index (χ3v) is 3.51. The van der Waals surface area contributed by atoms with E-state index in [-0.39, 0.29) is 5.02 Å². The zero-order valence-corrected chi connectivity index (χ0v) is 12.1. The molecule has 3 N–H and O–H groups in total. The average molecular weight is 302 g/mol. The van der Waals surface area contributed by atoms with Gasteiger partial charge in [-0.15, -0.1) is 0 Å². The van der Waals surface area contributed by atoms with Crippen LogP contribution >= 0.6 is 11.6 Å². The van der Waals surface area contributed by atoms with Crippen molar-refractivity contribution in [1.29, 1.82) is 0 Å². The number of hydrogen-bond donors (Lipinski definition) is 2. The van der Waals surface area contributed by atoms with E-state index in [4.69, 9.17) is 17.3 Å². The van der Waals surface area contributed by atoms with E-state index in [0.29, 0.717) is 11.4 Å². The Morgan fingerprint density at radius 1 is 1.14 bits per heavy atom. The van der Waals surface area contributed by atoms with E-state index in [0.717, 1.165) is 22.3 Å².